The lowest BCUT2D eigenvalue weighted by atomic mass is 10.0. The Bertz CT molecular complexity index is 2450. The Balaban J connectivity index is 0.000000161. The van der Waals surface area contributed by atoms with E-state index in [1.807, 2.05) is 71.4 Å². The van der Waals surface area contributed by atoms with Gasteiger partial charge in [0.05, 0.1) is 5.71 Å². The summed E-state index contributed by atoms with van der Waals surface area (Å²) in [7, 11) is 2.14. The lowest BCUT2D eigenvalue weighted by Gasteiger charge is -2.09. The van der Waals surface area contributed by atoms with E-state index in [1.54, 1.807) is 11.3 Å². The molecule has 0 amide bonds. The molecule has 222 valence electrons. The van der Waals surface area contributed by atoms with Crippen molar-refractivity contribution in [3.63, 3.8) is 0 Å². The van der Waals surface area contributed by atoms with Crippen LogP contribution in [0.3, 0.4) is 0 Å². The number of hydrogen-bond acceptors (Lipinski definition) is 3. The first kappa shape index (κ1) is 29.0. The van der Waals surface area contributed by atoms with Gasteiger partial charge in [-0.15, -0.1) is 11.3 Å². The van der Waals surface area contributed by atoms with Crippen molar-refractivity contribution in [2.45, 2.75) is 0 Å². The number of aryl methyl sites for hydroxylation is 1. The fraction of sp³-hybridized carbons (Fsp3) is 0.0244. The fourth-order valence-electron chi connectivity index (χ4n) is 6.37. The van der Waals surface area contributed by atoms with Crippen molar-refractivity contribution in [3.05, 3.63) is 156 Å². The van der Waals surface area contributed by atoms with Crippen molar-refractivity contribution in [1.82, 2.24) is 9.13 Å². The highest BCUT2D eigenvalue weighted by atomic mass is 32.1. The van der Waals surface area contributed by atoms with Gasteiger partial charge < -0.3 is 9.13 Å². The van der Waals surface area contributed by atoms with E-state index in [4.69, 9.17) is 5.41 Å². The fourth-order valence-corrected chi connectivity index (χ4v) is 7.54. The number of nitrogens with zero attached hydrogens (tertiary/aromatic N) is 3. The molecule has 1 N–H and O–H groups in total. The van der Waals surface area contributed by atoms with Crippen LogP contribution in [0.5, 0.6) is 0 Å². The molecule has 0 spiro atoms. The SMILES string of the molecule is C=Cc1sc2c(C(=N)c3ccn(-c4ccccc4)c3N=C)cccc2c1C=C.Cn1c2ccccc2c2c3ccccc3ccc21. The predicted molar refractivity (Wildman–Crippen MR) is 201 cm³/mol. The van der Waals surface area contributed by atoms with Crippen molar-refractivity contribution in [1.29, 1.82) is 5.41 Å². The van der Waals surface area contributed by atoms with E-state index >= 15 is 0 Å². The van der Waals surface area contributed by atoms with Gasteiger partial charge in [-0.3, -0.25) is 5.41 Å². The van der Waals surface area contributed by atoms with Gasteiger partial charge in [0.15, 0.2) is 0 Å². The average Bonchev–Trinajstić information content (AvgIpc) is 3.80. The number of fused-ring (bicyclic) bond motifs is 6. The Kier molecular flexibility index (Phi) is 7.53. The van der Waals surface area contributed by atoms with Gasteiger partial charge in [0.25, 0.3) is 0 Å². The van der Waals surface area contributed by atoms with E-state index in [0.717, 1.165) is 37.3 Å². The van der Waals surface area contributed by atoms with Gasteiger partial charge in [-0.1, -0.05) is 110 Å². The monoisotopic (exact) mass is 612 g/mol. The molecule has 0 unspecified atom stereocenters. The van der Waals surface area contributed by atoms with Crippen molar-refractivity contribution >= 4 is 84.4 Å². The summed E-state index contributed by atoms with van der Waals surface area (Å²) >= 11 is 1.63. The van der Waals surface area contributed by atoms with Gasteiger partial charge in [-0.25, -0.2) is 4.99 Å². The van der Waals surface area contributed by atoms with E-state index < -0.39 is 0 Å². The van der Waals surface area contributed by atoms with Gasteiger partial charge in [0, 0.05) is 66.8 Å². The quantitative estimate of drug-likeness (QED) is 0.182. The third kappa shape index (κ3) is 4.69. The topological polar surface area (TPSA) is 46.1 Å². The number of hydrogen-bond donors (Lipinski definition) is 1. The van der Waals surface area contributed by atoms with Crippen molar-refractivity contribution in [2.24, 2.45) is 12.0 Å². The third-order valence-corrected chi connectivity index (χ3v) is 9.81. The maximum absolute atomic E-state index is 8.92. The predicted octanol–water partition coefficient (Wildman–Crippen LogP) is 11.2. The molecule has 0 radical (unpaired) electrons. The first-order valence-corrected chi connectivity index (χ1v) is 15.9. The molecule has 5 heteroatoms. The van der Waals surface area contributed by atoms with Crippen LogP contribution in [0.15, 0.2) is 140 Å². The second kappa shape index (κ2) is 12.0. The molecule has 3 aromatic heterocycles. The maximum atomic E-state index is 8.92. The molecule has 0 bridgehead atoms. The second-order valence-electron chi connectivity index (χ2n) is 11.0. The highest BCUT2D eigenvalue weighted by Crippen LogP contribution is 2.38. The number of para-hydroxylation sites is 2. The smallest absolute Gasteiger partial charge is 0.145 e. The Labute approximate surface area is 272 Å². The summed E-state index contributed by atoms with van der Waals surface area (Å²) in [5.74, 6) is 0.664. The molecule has 0 fully saturated rings. The minimum atomic E-state index is 0.426. The summed E-state index contributed by atoms with van der Waals surface area (Å²) in [4.78, 5) is 5.30. The highest BCUT2D eigenvalue weighted by Gasteiger charge is 2.19. The second-order valence-corrected chi connectivity index (χ2v) is 12.1. The molecule has 5 aromatic carbocycles. The summed E-state index contributed by atoms with van der Waals surface area (Å²) in [5.41, 5.74) is 6.69. The summed E-state index contributed by atoms with van der Waals surface area (Å²) in [6.07, 6.45) is 5.63. The Morgan fingerprint density at radius 2 is 1.43 bits per heavy atom. The lowest BCUT2D eigenvalue weighted by molar-refractivity contribution is 1.01. The molecule has 3 heterocycles. The zero-order valence-corrected chi connectivity index (χ0v) is 26.4. The van der Waals surface area contributed by atoms with Gasteiger partial charge in [0.1, 0.15) is 5.82 Å². The molecule has 0 atom stereocenters. The Hall–Kier alpha value is -5.78. The molecule has 0 saturated carbocycles. The largest absolute Gasteiger partial charge is 0.344 e. The molecular formula is C41H32N4S. The number of benzene rings is 5. The van der Waals surface area contributed by atoms with Crippen LogP contribution in [0.2, 0.25) is 0 Å². The van der Waals surface area contributed by atoms with Crippen molar-refractivity contribution < 1.29 is 0 Å². The molecule has 46 heavy (non-hydrogen) atoms. The molecular weight excluding hydrogens is 581 g/mol. The molecule has 0 aliphatic rings. The molecule has 0 aliphatic heterocycles. The Morgan fingerprint density at radius 3 is 2.20 bits per heavy atom. The molecule has 8 aromatic rings. The van der Waals surface area contributed by atoms with Crippen LogP contribution in [0.1, 0.15) is 21.6 Å². The maximum Gasteiger partial charge on any atom is 0.145 e. The van der Waals surface area contributed by atoms with Crippen LogP contribution >= 0.6 is 11.3 Å². The van der Waals surface area contributed by atoms with Crippen LogP contribution in [0.25, 0.3) is 60.5 Å². The molecule has 0 aliphatic carbocycles. The van der Waals surface area contributed by atoms with E-state index in [9.17, 15) is 0 Å². The van der Waals surface area contributed by atoms with Crippen LogP contribution in [0, 0.1) is 5.41 Å². The third-order valence-electron chi connectivity index (χ3n) is 8.56. The number of rotatable bonds is 6. The zero-order valence-electron chi connectivity index (χ0n) is 25.6. The van der Waals surface area contributed by atoms with Crippen LogP contribution in [-0.4, -0.2) is 21.6 Å². The first-order valence-electron chi connectivity index (χ1n) is 15.0. The Morgan fingerprint density at radius 1 is 0.717 bits per heavy atom. The standard InChI is InChI=1S/C24H19N3S.C17H13N/c1-4-17-18-12-9-13-19(23(18)28-21(17)5-2)22(25)20-14-15-27(24(20)26-3)16-10-7-6-8-11-16;1-18-15-9-5-4-8-14(15)17-13-7-3-2-6-12(13)10-11-16(17)18/h4-15,25H,1-3H2;2-11H,1H3. The van der Waals surface area contributed by atoms with Gasteiger partial charge in [0.2, 0.25) is 0 Å². The van der Waals surface area contributed by atoms with Crippen molar-refractivity contribution in [3.8, 4) is 5.69 Å². The minimum absolute atomic E-state index is 0.426. The minimum Gasteiger partial charge on any atom is -0.344 e. The van der Waals surface area contributed by atoms with E-state index in [2.05, 4.69) is 103 Å². The molecule has 0 saturated heterocycles. The summed E-state index contributed by atoms with van der Waals surface area (Å²) < 4.78 is 5.28. The number of thiophene rings is 1. The van der Waals surface area contributed by atoms with Gasteiger partial charge in [-0.2, -0.15) is 0 Å². The number of aromatic nitrogens is 2. The van der Waals surface area contributed by atoms with Crippen molar-refractivity contribution in [2.75, 3.05) is 0 Å². The first-order chi connectivity index (χ1) is 22.5. The number of aliphatic imine (C=N–C) groups is 1. The normalized spacial score (nSPS) is 11.1. The van der Waals surface area contributed by atoms with E-state index in [0.29, 0.717) is 11.5 Å². The summed E-state index contributed by atoms with van der Waals surface area (Å²) in [6.45, 7) is 11.6. The lowest BCUT2D eigenvalue weighted by Crippen LogP contribution is -2.01. The van der Waals surface area contributed by atoms with E-state index in [-0.39, 0.29) is 0 Å². The van der Waals surface area contributed by atoms with Crippen LogP contribution in [-0.2, 0) is 7.05 Å². The average molecular weight is 613 g/mol. The van der Waals surface area contributed by atoms with Crippen LogP contribution in [0.4, 0.5) is 5.82 Å². The zero-order chi connectivity index (χ0) is 31.8. The number of nitrogens with one attached hydrogen (secondary N) is 1. The van der Waals surface area contributed by atoms with Gasteiger partial charge >= 0.3 is 0 Å². The van der Waals surface area contributed by atoms with E-state index in [1.165, 1.54) is 32.6 Å². The van der Waals surface area contributed by atoms with Crippen LogP contribution < -0.4 is 0 Å². The molecule has 4 nitrogen and oxygen atoms in total. The van der Waals surface area contributed by atoms with Gasteiger partial charge in [-0.05, 0) is 53.4 Å². The summed E-state index contributed by atoms with van der Waals surface area (Å²) in [5, 5.41) is 15.4. The highest BCUT2D eigenvalue weighted by molar-refractivity contribution is 7.20. The molecule has 8 rings (SSSR count). The summed E-state index contributed by atoms with van der Waals surface area (Å²) in [6, 6.07) is 39.5.